The maximum Gasteiger partial charge on any atom is 0.325 e. The number of rotatable bonds is 6. The minimum absolute atomic E-state index is 0.0733. The van der Waals surface area contributed by atoms with Crippen molar-refractivity contribution in [1.29, 1.82) is 0 Å². The molecule has 2 N–H and O–H groups in total. The maximum atomic E-state index is 12.8. The van der Waals surface area contributed by atoms with Gasteiger partial charge >= 0.3 is 6.03 Å². The number of nitrogens with zero attached hydrogens (tertiary/aromatic N) is 4. The summed E-state index contributed by atoms with van der Waals surface area (Å²) in [5.74, 6) is 1.23. The van der Waals surface area contributed by atoms with Crippen molar-refractivity contribution in [3.05, 3.63) is 29.3 Å². The molecule has 10 heteroatoms. The van der Waals surface area contributed by atoms with Crippen LogP contribution in [0.25, 0.3) is 0 Å². The van der Waals surface area contributed by atoms with Crippen molar-refractivity contribution in [2.75, 3.05) is 46.5 Å². The molecule has 180 valence electrons. The molecule has 0 saturated carbocycles. The maximum absolute atomic E-state index is 12.8. The van der Waals surface area contributed by atoms with Gasteiger partial charge in [-0.15, -0.1) is 0 Å². The SMILES string of the molecule is Cc1ccc(C(C)C)c(OCC(O)CN2C(N3CCOCC3)=NC3C2C(=O)NC(=O)N3C)c1. The number of aliphatic hydroxyl groups excluding tert-OH is 1. The number of aliphatic hydroxyl groups is 1. The highest BCUT2D eigenvalue weighted by Gasteiger charge is 2.50. The number of fused-ring (bicyclic) bond motifs is 1. The topological polar surface area (TPSA) is 107 Å². The van der Waals surface area contributed by atoms with E-state index in [-0.39, 0.29) is 19.1 Å². The van der Waals surface area contributed by atoms with E-state index in [1.54, 1.807) is 11.9 Å². The molecular weight excluding hydrogens is 426 g/mol. The minimum atomic E-state index is -0.869. The highest BCUT2D eigenvalue weighted by Crippen LogP contribution is 2.29. The van der Waals surface area contributed by atoms with Gasteiger partial charge in [0.1, 0.15) is 18.5 Å². The number of aliphatic imine (C=N–C) groups is 1. The summed E-state index contributed by atoms with van der Waals surface area (Å²) in [6, 6.07) is 4.90. The van der Waals surface area contributed by atoms with Gasteiger partial charge < -0.3 is 29.3 Å². The number of nitrogens with one attached hydrogen (secondary N) is 1. The first-order valence-electron chi connectivity index (χ1n) is 11.4. The van der Waals surface area contributed by atoms with Crippen LogP contribution in [0.15, 0.2) is 23.2 Å². The van der Waals surface area contributed by atoms with Gasteiger partial charge in [-0.3, -0.25) is 10.1 Å². The Morgan fingerprint density at radius 1 is 1.27 bits per heavy atom. The summed E-state index contributed by atoms with van der Waals surface area (Å²) in [4.78, 5) is 34.9. The van der Waals surface area contributed by atoms with Crippen LogP contribution in [0, 0.1) is 6.92 Å². The van der Waals surface area contributed by atoms with E-state index in [2.05, 4.69) is 25.2 Å². The zero-order valence-electron chi connectivity index (χ0n) is 19.7. The van der Waals surface area contributed by atoms with Crippen molar-refractivity contribution >= 4 is 17.9 Å². The molecule has 1 aromatic carbocycles. The number of hydrogen-bond donors (Lipinski definition) is 2. The number of carbonyl (C=O) groups excluding carboxylic acids is 2. The number of carbonyl (C=O) groups is 2. The number of imide groups is 1. The van der Waals surface area contributed by atoms with Gasteiger partial charge in [0.05, 0.1) is 19.8 Å². The van der Waals surface area contributed by atoms with Crippen molar-refractivity contribution in [2.24, 2.45) is 4.99 Å². The van der Waals surface area contributed by atoms with Crippen molar-refractivity contribution < 1.29 is 24.2 Å². The predicted molar refractivity (Wildman–Crippen MR) is 122 cm³/mol. The third kappa shape index (κ3) is 4.77. The van der Waals surface area contributed by atoms with Gasteiger partial charge in [0.15, 0.2) is 18.2 Å². The first-order valence-corrected chi connectivity index (χ1v) is 11.4. The van der Waals surface area contributed by atoms with E-state index in [0.29, 0.717) is 32.3 Å². The third-order valence-corrected chi connectivity index (χ3v) is 6.26. The number of urea groups is 1. The van der Waals surface area contributed by atoms with Gasteiger partial charge in [-0.2, -0.15) is 0 Å². The Hall–Kier alpha value is -2.85. The Kier molecular flexibility index (Phi) is 6.76. The lowest BCUT2D eigenvalue weighted by Crippen LogP contribution is -2.65. The van der Waals surface area contributed by atoms with Gasteiger partial charge in [-0.05, 0) is 30.0 Å². The lowest BCUT2D eigenvalue weighted by molar-refractivity contribution is -0.127. The van der Waals surface area contributed by atoms with Gasteiger partial charge in [-0.25, -0.2) is 9.79 Å². The van der Waals surface area contributed by atoms with Crippen molar-refractivity contribution in [2.45, 2.75) is 45.0 Å². The molecule has 3 amide bonds. The van der Waals surface area contributed by atoms with E-state index in [4.69, 9.17) is 14.5 Å². The zero-order valence-corrected chi connectivity index (χ0v) is 19.7. The van der Waals surface area contributed by atoms with E-state index in [9.17, 15) is 14.7 Å². The van der Waals surface area contributed by atoms with Crippen LogP contribution in [-0.2, 0) is 9.53 Å². The van der Waals surface area contributed by atoms with Crippen LogP contribution in [0.3, 0.4) is 0 Å². The quantitative estimate of drug-likeness (QED) is 0.646. The number of morpholine rings is 1. The summed E-state index contributed by atoms with van der Waals surface area (Å²) >= 11 is 0. The molecule has 0 bridgehead atoms. The number of β-amino-alcohol motifs (C(OH)–C–C–N with tert-alkyl or cyclic N) is 1. The smallest absolute Gasteiger partial charge is 0.325 e. The Balaban J connectivity index is 1.51. The normalized spacial score (nSPS) is 24.1. The fraction of sp³-hybridized carbons (Fsp3) is 0.609. The van der Waals surface area contributed by atoms with Gasteiger partial charge in [0.25, 0.3) is 5.91 Å². The summed E-state index contributed by atoms with van der Waals surface area (Å²) in [7, 11) is 1.62. The van der Waals surface area contributed by atoms with Crippen molar-refractivity contribution in [3.8, 4) is 5.75 Å². The fourth-order valence-electron chi connectivity index (χ4n) is 4.44. The molecule has 3 aliphatic rings. The molecule has 0 radical (unpaired) electrons. The number of aryl methyl sites for hydroxylation is 1. The van der Waals surface area contributed by atoms with Gasteiger partial charge in [-0.1, -0.05) is 26.0 Å². The Morgan fingerprint density at radius 3 is 2.70 bits per heavy atom. The van der Waals surface area contributed by atoms with E-state index < -0.39 is 30.2 Å². The average molecular weight is 460 g/mol. The zero-order chi connectivity index (χ0) is 23.7. The number of hydrogen-bond acceptors (Lipinski definition) is 8. The molecule has 3 atom stereocenters. The molecule has 10 nitrogen and oxygen atoms in total. The molecule has 0 aromatic heterocycles. The number of amides is 3. The van der Waals surface area contributed by atoms with E-state index in [0.717, 1.165) is 16.9 Å². The first-order chi connectivity index (χ1) is 15.8. The molecule has 4 rings (SSSR count). The Bertz CT molecular complexity index is 930. The van der Waals surface area contributed by atoms with Gasteiger partial charge in [0.2, 0.25) is 0 Å². The minimum Gasteiger partial charge on any atom is -0.491 e. The van der Waals surface area contributed by atoms with Crippen LogP contribution in [0.2, 0.25) is 0 Å². The molecule has 3 unspecified atom stereocenters. The third-order valence-electron chi connectivity index (χ3n) is 6.26. The average Bonchev–Trinajstić information content (AvgIpc) is 3.16. The second-order valence-electron chi connectivity index (χ2n) is 9.11. The molecule has 0 aliphatic carbocycles. The molecule has 2 saturated heterocycles. The van der Waals surface area contributed by atoms with Crippen LogP contribution < -0.4 is 10.1 Å². The molecule has 3 aliphatic heterocycles. The van der Waals surface area contributed by atoms with Crippen LogP contribution in [0.5, 0.6) is 5.75 Å². The highest BCUT2D eigenvalue weighted by atomic mass is 16.5. The van der Waals surface area contributed by atoms with Crippen LogP contribution in [-0.4, -0.2) is 103 Å². The molecule has 1 aromatic rings. The van der Waals surface area contributed by atoms with Crippen LogP contribution in [0.1, 0.15) is 30.9 Å². The molecule has 0 spiro atoms. The number of guanidine groups is 1. The second-order valence-corrected chi connectivity index (χ2v) is 9.11. The lowest BCUT2D eigenvalue weighted by atomic mass is 10.0. The molecule has 3 heterocycles. The standard InChI is InChI=1S/C23H33N5O5/c1-14(2)17-6-5-15(3)11-18(17)33-13-16(29)12-28-19-20(26(4)23(31)25-21(19)30)24-22(28)27-7-9-32-10-8-27/h5-6,11,14,16,19-20,29H,7-10,12-13H2,1-4H3,(H,25,30,31). The van der Waals surface area contributed by atoms with Crippen molar-refractivity contribution in [1.82, 2.24) is 20.0 Å². The number of ether oxygens (including phenoxy) is 2. The number of likely N-dealkylation sites (N-methyl/N-ethyl adjacent to an activating group) is 1. The van der Waals surface area contributed by atoms with Crippen LogP contribution in [0.4, 0.5) is 4.79 Å². The molecule has 33 heavy (non-hydrogen) atoms. The highest BCUT2D eigenvalue weighted by molar-refractivity contribution is 6.03. The van der Waals surface area contributed by atoms with Gasteiger partial charge in [0, 0.05) is 20.1 Å². The lowest BCUT2D eigenvalue weighted by Gasteiger charge is -2.39. The van der Waals surface area contributed by atoms with E-state index in [1.807, 2.05) is 24.0 Å². The predicted octanol–water partition coefficient (Wildman–Crippen LogP) is 0.738. The Labute approximate surface area is 194 Å². The first kappa shape index (κ1) is 23.3. The van der Waals surface area contributed by atoms with Crippen molar-refractivity contribution in [3.63, 3.8) is 0 Å². The van der Waals surface area contributed by atoms with Crippen LogP contribution >= 0.6 is 0 Å². The fourth-order valence-corrected chi connectivity index (χ4v) is 4.44. The summed E-state index contributed by atoms with van der Waals surface area (Å²) in [6.45, 7) is 8.79. The second kappa shape index (κ2) is 9.56. The summed E-state index contributed by atoms with van der Waals surface area (Å²) in [6.07, 6.45) is -1.51. The Morgan fingerprint density at radius 2 is 2.00 bits per heavy atom. The number of benzene rings is 1. The summed E-state index contributed by atoms with van der Waals surface area (Å²) in [5.41, 5.74) is 2.16. The van der Waals surface area contributed by atoms with E-state index >= 15 is 0 Å². The largest absolute Gasteiger partial charge is 0.491 e. The summed E-state index contributed by atoms with van der Waals surface area (Å²) < 4.78 is 11.5. The monoisotopic (exact) mass is 459 g/mol. The van der Waals surface area contributed by atoms with E-state index in [1.165, 1.54) is 4.90 Å². The molecule has 2 fully saturated rings. The molecular formula is C23H33N5O5. The summed E-state index contributed by atoms with van der Waals surface area (Å²) in [5, 5.41) is 13.3.